The van der Waals surface area contributed by atoms with Crippen molar-refractivity contribution in [2.24, 2.45) is 5.92 Å². The van der Waals surface area contributed by atoms with Crippen LogP contribution in [0.1, 0.15) is 53.4 Å². The lowest BCUT2D eigenvalue weighted by Crippen LogP contribution is -2.29. The number of rotatable bonds is 6. The van der Waals surface area contributed by atoms with Crippen molar-refractivity contribution in [2.45, 2.75) is 40.2 Å². The van der Waals surface area contributed by atoms with Gasteiger partial charge in [-0.15, -0.1) is 0 Å². The number of hydrogen-bond donors (Lipinski definition) is 1. The van der Waals surface area contributed by atoms with Crippen molar-refractivity contribution in [2.75, 3.05) is 7.11 Å². The molecule has 3 heteroatoms. The van der Waals surface area contributed by atoms with Crippen molar-refractivity contribution in [1.82, 2.24) is 5.32 Å². The molecule has 0 aliphatic heterocycles. The third kappa shape index (κ3) is 4.60. The number of amides is 1. The standard InChI is InChI=1S/C21H27NO2/c1-14(2)12-20(17-8-10-19(24-5)11-9-17)22-21(23)18-7-6-15(3)16(4)13-18/h6-11,13-14,20H,12H2,1-5H3,(H,22,23)/t20-/m1/s1. The summed E-state index contributed by atoms with van der Waals surface area (Å²) < 4.78 is 5.22. The first kappa shape index (κ1) is 18.1. The zero-order valence-electron chi connectivity index (χ0n) is 15.2. The maximum Gasteiger partial charge on any atom is 0.251 e. The van der Waals surface area contributed by atoms with Gasteiger partial charge < -0.3 is 10.1 Å². The summed E-state index contributed by atoms with van der Waals surface area (Å²) in [4.78, 5) is 12.7. The monoisotopic (exact) mass is 325 g/mol. The largest absolute Gasteiger partial charge is 0.497 e. The van der Waals surface area contributed by atoms with Gasteiger partial charge in [-0.3, -0.25) is 4.79 Å². The Balaban J connectivity index is 2.20. The molecule has 0 saturated carbocycles. The van der Waals surface area contributed by atoms with Crippen LogP contribution in [0.25, 0.3) is 0 Å². The molecule has 0 bridgehead atoms. The fraction of sp³-hybridized carbons (Fsp3) is 0.381. The minimum Gasteiger partial charge on any atom is -0.497 e. The summed E-state index contributed by atoms with van der Waals surface area (Å²) in [5, 5.41) is 3.19. The molecule has 2 aromatic carbocycles. The summed E-state index contributed by atoms with van der Waals surface area (Å²) in [7, 11) is 1.65. The Morgan fingerprint density at radius 2 is 1.71 bits per heavy atom. The number of aryl methyl sites for hydroxylation is 2. The Morgan fingerprint density at radius 1 is 1.04 bits per heavy atom. The van der Waals surface area contributed by atoms with Gasteiger partial charge in [0, 0.05) is 5.56 Å². The summed E-state index contributed by atoms with van der Waals surface area (Å²) in [6.45, 7) is 8.41. The molecule has 1 amide bonds. The van der Waals surface area contributed by atoms with Gasteiger partial charge in [-0.05, 0) is 67.1 Å². The molecule has 0 radical (unpaired) electrons. The lowest BCUT2D eigenvalue weighted by molar-refractivity contribution is 0.0932. The van der Waals surface area contributed by atoms with Gasteiger partial charge in [-0.2, -0.15) is 0 Å². The van der Waals surface area contributed by atoms with Crippen LogP contribution in [0.5, 0.6) is 5.75 Å². The van der Waals surface area contributed by atoms with Crippen LogP contribution in [-0.2, 0) is 0 Å². The molecule has 0 aromatic heterocycles. The van der Waals surface area contributed by atoms with Crippen molar-refractivity contribution in [3.8, 4) is 5.75 Å². The van der Waals surface area contributed by atoms with Gasteiger partial charge in [-0.25, -0.2) is 0 Å². The lowest BCUT2D eigenvalue weighted by Gasteiger charge is -2.21. The highest BCUT2D eigenvalue weighted by Gasteiger charge is 2.17. The summed E-state index contributed by atoms with van der Waals surface area (Å²) in [6, 6.07) is 13.7. The van der Waals surface area contributed by atoms with Crippen molar-refractivity contribution in [3.05, 3.63) is 64.7 Å². The second-order valence-corrected chi connectivity index (χ2v) is 6.73. The minimum atomic E-state index is -0.0282. The first-order valence-corrected chi connectivity index (χ1v) is 8.42. The first-order valence-electron chi connectivity index (χ1n) is 8.42. The summed E-state index contributed by atoms with van der Waals surface area (Å²) in [5.74, 6) is 1.28. The van der Waals surface area contributed by atoms with Crippen molar-refractivity contribution < 1.29 is 9.53 Å². The van der Waals surface area contributed by atoms with Crippen molar-refractivity contribution in [1.29, 1.82) is 0 Å². The molecule has 3 nitrogen and oxygen atoms in total. The number of carbonyl (C=O) groups is 1. The van der Waals surface area contributed by atoms with Crippen LogP contribution in [-0.4, -0.2) is 13.0 Å². The highest BCUT2D eigenvalue weighted by Crippen LogP contribution is 2.24. The molecule has 0 aliphatic rings. The van der Waals surface area contributed by atoms with Crippen LogP contribution in [0.3, 0.4) is 0 Å². The molecule has 0 saturated heterocycles. The smallest absolute Gasteiger partial charge is 0.251 e. The Kier molecular flexibility index (Phi) is 6.02. The first-order chi connectivity index (χ1) is 11.4. The Morgan fingerprint density at radius 3 is 2.25 bits per heavy atom. The van der Waals surface area contributed by atoms with Gasteiger partial charge >= 0.3 is 0 Å². The van der Waals surface area contributed by atoms with Gasteiger partial charge in [-0.1, -0.05) is 32.0 Å². The van der Waals surface area contributed by atoms with E-state index in [9.17, 15) is 4.79 Å². The number of hydrogen-bond acceptors (Lipinski definition) is 2. The zero-order valence-corrected chi connectivity index (χ0v) is 15.2. The lowest BCUT2D eigenvalue weighted by atomic mass is 9.96. The van der Waals surface area contributed by atoms with E-state index in [4.69, 9.17) is 4.74 Å². The predicted octanol–water partition coefficient (Wildman–Crippen LogP) is 4.83. The highest BCUT2D eigenvalue weighted by molar-refractivity contribution is 5.94. The van der Waals surface area contributed by atoms with E-state index in [0.717, 1.165) is 23.3 Å². The SMILES string of the molecule is COc1ccc([C@@H](CC(C)C)NC(=O)c2ccc(C)c(C)c2)cc1. The van der Waals surface area contributed by atoms with Gasteiger partial charge in [0.1, 0.15) is 5.75 Å². The molecule has 2 rings (SSSR count). The van der Waals surface area contributed by atoms with Crippen LogP contribution in [0, 0.1) is 19.8 Å². The van der Waals surface area contributed by atoms with Gasteiger partial charge in [0.25, 0.3) is 5.91 Å². The Labute approximate surface area is 145 Å². The van der Waals surface area contributed by atoms with E-state index in [2.05, 4.69) is 26.1 Å². The summed E-state index contributed by atoms with van der Waals surface area (Å²) in [6.07, 6.45) is 0.892. The van der Waals surface area contributed by atoms with Gasteiger partial charge in [0.05, 0.1) is 13.2 Å². The van der Waals surface area contributed by atoms with Crippen LogP contribution in [0.2, 0.25) is 0 Å². The third-order valence-corrected chi connectivity index (χ3v) is 4.30. The molecule has 24 heavy (non-hydrogen) atoms. The maximum atomic E-state index is 12.7. The van der Waals surface area contributed by atoms with E-state index in [0.29, 0.717) is 11.5 Å². The number of ether oxygens (including phenoxy) is 1. The van der Waals surface area contributed by atoms with E-state index >= 15 is 0 Å². The Bertz CT molecular complexity index is 689. The van der Waals surface area contributed by atoms with Crippen molar-refractivity contribution >= 4 is 5.91 Å². The number of benzene rings is 2. The average Bonchev–Trinajstić information content (AvgIpc) is 2.56. The predicted molar refractivity (Wildman–Crippen MR) is 98.6 cm³/mol. The number of carbonyl (C=O) groups excluding carboxylic acids is 1. The molecular formula is C21H27NO2. The van der Waals surface area contributed by atoms with E-state index in [1.807, 2.05) is 49.4 Å². The van der Waals surface area contributed by atoms with Crippen LogP contribution in [0.15, 0.2) is 42.5 Å². The van der Waals surface area contributed by atoms with E-state index in [1.54, 1.807) is 7.11 Å². The topological polar surface area (TPSA) is 38.3 Å². The normalized spacial score (nSPS) is 12.1. The fourth-order valence-electron chi connectivity index (χ4n) is 2.71. The third-order valence-electron chi connectivity index (χ3n) is 4.30. The molecule has 128 valence electrons. The van der Waals surface area contributed by atoms with E-state index < -0.39 is 0 Å². The van der Waals surface area contributed by atoms with Crippen LogP contribution >= 0.6 is 0 Å². The molecular weight excluding hydrogens is 298 g/mol. The quantitative estimate of drug-likeness (QED) is 0.826. The molecule has 0 fully saturated rings. The second kappa shape index (κ2) is 8.00. The average molecular weight is 325 g/mol. The molecule has 0 spiro atoms. The molecule has 2 aromatic rings. The molecule has 0 heterocycles. The van der Waals surface area contributed by atoms with Crippen LogP contribution in [0.4, 0.5) is 0 Å². The summed E-state index contributed by atoms with van der Waals surface area (Å²) >= 11 is 0. The summed E-state index contributed by atoms with van der Waals surface area (Å²) in [5.41, 5.74) is 4.13. The highest BCUT2D eigenvalue weighted by atomic mass is 16.5. The van der Waals surface area contributed by atoms with Crippen LogP contribution < -0.4 is 10.1 Å². The molecule has 1 atom stereocenters. The molecule has 1 N–H and O–H groups in total. The number of nitrogens with one attached hydrogen (secondary N) is 1. The zero-order chi connectivity index (χ0) is 17.7. The molecule has 0 aliphatic carbocycles. The van der Waals surface area contributed by atoms with E-state index in [1.165, 1.54) is 5.56 Å². The van der Waals surface area contributed by atoms with Gasteiger partial charge in [0.2, 0.25) is 0 Å². The second-order valence-electron chi connectivity index (χ2n) is 6.73. The van der Waals surface area contributed by atoms with Gasteiger partial charge in [0.15, 0.2) is 0 Å². The minimum absolute atomic E-state index is 0.00925. The maximum absolute atomic E-state index is 12.7. The Hall–Kier alpha value is -2.29. The van der Waals surface area contributed by atoms with Crippen molar-refractivity contribution in [3.63, 3.8) is 0 Å². The number of methoxy groups -OCH3 is 1. The fourth-order valence-corrected chi connectivity index (χ4v) is 2.71. The van der Waals surface area contributed by atoms with E-state index in [-0.39, 0.29) is 11.9 Å². The molecule has 0 unspecified atom stereocenters.